The van der Waals surface area contributed by atoms with E-state index in [2.05, 4.69) is 13.8 Å². The third-order valence-electron chi connectivity index (χ3n) is 7.41. The lowest BCUT2D eigenvalue weighted by molar-refractivity contribution is -0.121. The van der Waals surface area contributed by atoms with Gasteiger partial charge in [-0.2, -0.15) is 0 Å². The SMILES string of the molecule is CC(C)(c1ccc(Oc2ccc(N3C(=O)C=CC3=O)cc2)cc1)c1cccc(Oc2ccc(N3C(=O)C=CC3=O)cc2)c1. The number of carbonyl (C=O) groups excluding carboxylic acids is 4. The molecule has 4 aromatic rings. The van der Waals surface area contributed by atoms with Crippen LogP contribution in [0.2, 0.25) is 0 Å². The fourth-order valence-corrected chi connectivity index (χ4v) is 4.96. The molecule has 6 rings (SSSR count). The summed E-state index contributed by atoms with van der Waals surface area (Å²) in [5, 5.41) is 0. The van der Waals surface area contributed by atoms with E-state index in [1.54, 1.807) is 48.5 Å². The molecule has 2 aliphatic heterocycles. The van der Waals surface area contributed by atoms with Gasteiger partial charge in [-0.1, -0.05) is 38.1 Å². The van der Waals surface area contributed by atoms with Gasteiger partial charge < -0.3 is 9.47 Å². The van der Waals surface area contributed by atoms with Gasteiger partial charge in [-0.05, 0) is 83.9 Å². The van der Waals surface area contributed by atoms with E-state index >= 15 is 0 Å². The lowest BCUT2D eigenvalue weighted by Crippen LogP contribution is -2.29. The Labute approximate surface area is 248 Å². The van der Waals surface area contributed by atoms with Gasteiger partial charge in [0.2, 0.25) is 0 Å². The predicted octanol–water partition coefficient (Wildman–Crippen LogP) is 6.46. The van der Waals surface area contributed by atoms with Crippen molar-refractivity contribution < 1.29 is 28.7 Å². The molecule has 0 atom stereocenters. The molecule has 2 aliphatic rings. The normalized spacial score (nSPS) is 14.7. The highest BCUT2D eigenvalue weighted by atomic mass is 16.5. The molecule has 4 amide bonds. The second-order valence-electron chi connectivity index (χ2n) is 10.6. The minimum absolute atomic E-state index is 0.351. The van der Waals surface area contributed by atoms with Crippen LogP contribution in [0.1, 0.15) is 25.0 Å². The van der Waals surface area contributed by atoms with Crippen molar-refractivity contribution in [3.8, 4) is 23.0 Å². The van der Waals surface area contributed by atoms with Crippen LogP contribution >= 0.6 is 0 Å². The van der Waals surface area contributed by atoms with Crippen molar-refractivity contribution in [3.05, 3.63) is 132 Å². The molecule has 0 bridgehead atoms. The number of anilines is 2. The third-order valence-corrected chi connectivity index (χ3v) is 7.41. The Morgan fingerprint density at radius 2 is 0.860 bits per heavy atom. The van der Waals surface area contributed by atoms with Gasteiger partial charge in [-0.25, -0.2) is 9.80 Å². The van der Waals surface area contributed by atoms with Gasteiger partial charge in [-0.15, -0.1) is 0 Å². The van der Waals surface area contributed by atoms with Crippen LogP contribution < -0.4 is 19.3 Å². The van der Waals surface area contributed by atoms with Gasteiger partial charge in [0.25, 0.3) is 23.6 Å². The Balaban J connectivity index is 1.12. The topological polar surface area (TPSA) is 93.2 Å². The zero-order valence-corrected chi connectivity index (χ0v) is 23.4. The summed E-state index contributed by atoms with van der Waals surface area (Å²) in [5.74, 6) is 1.00. The molecule has 0 aliphatic carbocycles. The number of rotatable bonds is 8. The van der Waals surface area contributed by atoms with E-state index in [0.717, 1.165) is 20.9 Å². The highest BCUT2D eigenvalue weighted by molar-refractivity contribution is 6.28. The number of carbonyl (C=O) groups is 4. The van der Waals surface area contributed by atoms with E-state index in [9.17, 15) is 19.2 Å². The minimum Gasteiger partial charge on any atom is -0.457 e. The molecule has 0 saturated heterocycles. The molecule has 0 aromatic heterocycles. The first-order valence-electron chi connectivity index (χ1n) is 13.6. The zero-order chi connectivity index (χ0) is 30.1. The van der Waals surface area contributed by atoms with E-state index in [-0.39, 0.29) is 29.0 Å². The number of benzene rings is 4. The van der Waals surface area contributed by atoms with Crippen LogP contribution in [0.5, 0.6) is 23.0 Å². The first-order chi connectivity index (χ1) is 20.7. The van der Waals surface area contributed by atoms with Crippen LogP contribution in [-0.2, 0) is 24.6 Å². The summed E-state index contributed by atoms with van der Waals surface area (Å²) >= 11 is 0. The summed E-state index contributed by atoms with van der Waals surface area (Å²) < 4.78 is 12.1. The van der Waals surface area contributed by atoms with E-state index in [4.69, 9.17) is 9.47 Å². The summed E-state index contributed by atoms with van der Waals surface area (Å²) in [6.07, 6.45) is 5.01. The average Bonchev–Trinajstić information content (AvgIpc) is 3.53. The van der Waals surface area contributed by atoms with Crippen molar-refractivity contribution in [2.45, 2.75) is 19.3 Å². The Kier molecular flexibility index (Phi) is 6.95. The second-order valence-corrected chi connectivity index (χ2v) is 10.6. The average molecular weight is 571 g/mol. The molecule has 0 saturated carbocycles. The molecule has 2 heterocycles. The highest BCUT2D eigenvalue weighted by Crippen LogP contribution is 2.36. The molecular weight excluding hydrogens is 544 g/mol. The number of ether oxygens (including phenoxy) is 2. The van der Waals surface area contributed by atoms with E-state index in [1.807, 2.05) is 48.5 Å². The maximum absolute atomic E-state index is 11.9. The van der Waals surface area contributed by atoms with Gasteiger partial charge in [0.05, 0.1) is 11.4 Å². The summed E-state index contributed by atoms with van der Waals surface area (Å²) in [4.78, 5) is 49.9. The van der Waals surface area contributed by atoms with Gasteiger partial charge >= 0.3 is 0 Å². The monoisotopic (exact) mass is 570 g/mol. The maximum atomic E-state index is 11.9. The molecule has 43 heavy (non-hydrogen) atoms. The molecule has 0 unspecified atom stereocenters. The first-order valence-corrected chi connectivity index (χ1v) is 13.6. The number of hydrogen-bond acceptors (Lipinski definition) is 6. The number of nitrogens with zero attached hydrogens (tertiary/aromatic N) is 2. The van der Waals surface area contributed by atoms with Crippen LogP contribution in [0, 0.1) is 0 Å². The standard InChI is InChI=1S/C35H26N2O6/c1-35(2,23-6-12-27(13-7-23)42-28-14-8-25(9-15-28)36-31(38)18-19-32(36)39)24-4-3-5-30(22-24)43-29-16-10-26(11-17-29)37-33(40)20-21-34(37)41/h3-22H,1-2H3. The van der Waals surface area contributed by atoms with E-state index in [1.165, 1.54) is 24.3 Å². The molecule has 0 N–H and O–H groups in total. The van der Waals surface area contributed by atoms with Crippen LogP contribution in [0.3, 0.4) is 0 Å². The van der Waals surface area contributed by atoms with Crippen molar-refractivity contribution in [3.63, 3.8) is 0 Å². The van der Waals surface area contributed by atoms with Crippen molar-refractivity contribution in [2.75, 3.05) is 9.80 Å². The zero-order valence-electron chi connectivity index (χ0n) is 23.4. The molecule has 0 fully saturated rings. The van der Waals surface area contributed by atoms with E-state index < -0.39 is 0 Å². The molecule has 8 heteroatoms. The smallest absolute Gasteiger partial charge is 0.258 e. The second kappa shape index (κ2) is 10.9. The third kappa shape index (κ3) is 5.46. The van der Waals surface area contributed by atoms with Gasteiger partial charge in [-0.3, -0.25) is 19.2 Å². The lowest BCUT2D eigenvalue weighted by atomic mass is 9.78. The quantitative estimate of drug-likeness (QED) is 0.226. The Hall–Kier alpha value is -5.76. The molecule has 8 nitrogen and oxygen atoms in total. The van der Waals surface area contributed by atoms with Crippen LogP contribution in [0.4, 0.5) is 11.4 Å². The Morgan fingerprint density at radius 3 is 1.30 bits per heavy atom. The minimum atomic E-state index is -0.366. The Bertz CT molecular complexity index is 1770. The van der Waals surface area contributed by atoms with Crippen molar-refractivity contribution in [2.24, 2.45) is 0 Å². The predicted molar refractivity (Wildman–Crippen MR) is 161 cm³/mol. The van der Waals surface area contributed by atoms with Crippen LogP contribution in [-0.4, -0.2) is 23.6 Å². The molecule has 4 aromatic carbocycles. The maximum Gasteiger partial charge on any atom is 0.258 e. The molecule has 212 valence electrons. The van der Waals surface area contributed by atoms with Crippen molar-refractivity contribution in [1.29, 1.82) is 0 Å². The largest absolute Gasteiger partial charge is 0.457 e. The number of amides is 4. The number of hydrogen-bond donors (Lipinski definition) is 0. The fourth-order valence-electron chi connectivity index (χ4n) is 4.96. The summed E-state index contributed by atoms with van der Waals surface area (Å²) in [7, 11) is 0. The molecular formula is C35H26N2O6. The van der Waals surface area contributed by atoms with Gasteiger partial charge in [0.1, 0.15) is 23.0 Å². The van der Waals surface area contributed by atoms with Gasteiger partial charge in [0.15, 0.2) is 0 Å². The van der Waals surface area contributed by atoms with E-state index in [0.29, 0.717) is 34.4 Å². The summed E-state index contributed by atoms with van der Waals surface area (Å²) in [6, 6.07) is 29.2. The summed E-state index contributed by atoms with van der Waals surface area (Å²) in [5.41, 5.74) is 2.74. The van der Waals surface area contributed by atoms with Crippen molar-refractivity contribution >= 4 is 35.0 Å². The lowest BCUT2D eigenvalue weighted by Gasteiger charge is -2.27. The number of imide groups is 2. The van der Waals surface area contributed by atoms with Gasteiger partial charge in [0, 0.05) is 29.7 Å². The van der Waals surface area contributed by atoms with Crippen LogP contribution in [0.25, 0.3) is 0 Å². The highest BCUT2D eigenvalue weighted by Gasteiger charge is 2.27. The van der Waals surface area contributed by atoms with Crippen molar-refractivity contribution in [1.82, 2.24) is 0 Å². The summed E-state index contributed by atoms with van der Waals surface area (Å²) in [6.45, 7) is 4.26. The Morgan fingerprint density at radius 1 is 0.465 bits per heavy atom. The molecule has 0 radical (unpaired) electrons. The first kappa shape index (κ1) is 27.4. The molecule has 0 spiro atoms. The van der Waals surface area contributed by atoms with Crippen LogP contribution in [0.15, 0.2) is 121 Å². The fraction of sp³-hybridized carbons (Fsp3) is 0.0857.